The second-order valence-corrected chi connectivity index (χ2v) is 9.73. The molecule has 0 radical (unpaired) electrons. The van der Waals surface area contributed by atoms with Crippen molar-refractivity contribution in [2.75, 3.05) is 0 Å². The molecule has 5 atom stereocenters. The van der Waals surface area contributed by atoms with Gasteiger partial charge in [0.1, 0.15) is 5.78 Å². The summed E-state index contributed by atoms with van der Waals surface area (Å²) in [6.45, 7) is 1.59. The number of ketones is 1. The first kappa shape index (κ1) is 26.6. The number of hydrogen-bond donors (Lipinski definition) is 3. The van der Waals surface area contributed by atoms with Crippen LogP contribution in [0.15, 0.2) is 36.4 Å². The van der Waals surface area contributed by atoms with Gasteiger partial charge in [-0.05, 0) is 79.3 Å². The lowest BCUT2D eigenvalue weighted by Crippen LogP contribution is -2.23. The molecule has 2 aromatic carbocycles. The molecule has 0 heterocycles. The van der Waals surface area contributed by atoms with Gasteiger partial charge >= 0.3 is 6.18 Å². The Morgan fingerprint density at radius 1 is 1.00 bits per heavy atom. The van der Waals surface area contributed by atoms with E-state index in [-0.39, 0.29) is 23.0 Å². The molecule has 1 saturated carbocycles. The molecule has 0 saturated heterocycles. The molecule has 0 aromatic heterocycles. The number of aliphatic hydroxyl groups excluding tert-OH is 3. The summed E-state index contributed by atoms with van der Waals surface area (Å²) in [6, 6.07) is 8.66. The normalized spacial score (nSPS) is 24.0. The molecule has 3 N–H and O–H groups in total. The van der Waals surface area contributed by atoms with Gasteiger partial charge in [-0.1, -0.05) is 43.5 Å². The lowest BCUT2D eigenvalue weighted by atomic mass is 9.84. The molecule has 0 spiro atoms. The quantitative estimate of drug-likeness (QED) is 0.347. The predicted molar refractivity (Wildman–Crippen MR) is 125 cm³/mol. The lowest BCUT2D eigenvalue weighted by molar-refractivity contribution is -0.136. The summed E-state index contributed by atoms with van der Waals surface area (Å²) >= 11 is 0. The number of aliphatic hydroxyl groups is 3. The summed E-state index contributed by atoms with van der Waals surface area (Å²) in [5.74, 6) is -0.0366. The second kappa shape index (κ2) is 11.6. The van der Waals surface area contributed by atoms with Crippen molar-refractivity contribution in [3.05, 3.63) is 47.5 Å². The number of Topliss-reactive ketones (excluding diaryl/α,β-unsaturated/α-hetero) is 1. The highest BCUT2D eigenvalue weighted by atomic mass is 19.4. The van der Waals surface area contributed by atoms with Gasteiger partial charge in [-0.3, -0.25) is 0 Å². The van der Waals surface area contributed by atoms with E-state index in [1.165, 1.54) is 12.1 Å². The Morgan fingerprint density at radius 2 is 1.68 bits per heavy atom. The highest BCUT2D eigenvalue weighted by Crippen LogP contribution is 2.41. The molecule has 1 fully saturated rings. The van der Waals surface area contributed by atoms with Gasteiger partial charge in [-0.15, -0.1) is 0 Å². The Bertz CT molecular complexity index is 959. The number of carbonyl (C=O) groups excluding carboxylic acids is 1. The van der Waals surface area contributed by atoms with Crippen LogP contribution in [0.2, 0.25) is 0 Å². The molecule has 0 bridgehead atoms. The Hall–Kier alpha value is -1.96. The molecular weight excluding hydrogens is 445 g/mol. The predicted octanol–water partition coefficient (Wildman–Crippen LogP) is 5.96. The second-order valence-electron chi connectivity index (χ2n) is 9.73. The Morgan fingerprint density at radius 3 is 2.35 bits per heavy atom. The van der Waals surface area contributed by atoms with Crippen molar-refractivity contribution < 1.29 is 33.3 Å². The van der Waals surface area contributed by atoms with Crippen LogP contribution in [0.1, 0.15) is 81.9 Å². The van der Waals surface area contributed by atoms with E-state index < -0.39 is 30.1 Å². The van der Waals surface area contributed by atoms with Gasteiger partial charge in [0, 0.05) is 6.42 Å². The third-order valence-electron chi connectivity index (χ3n) is 7.21. The number of benzene rings is 2. The zero-order valence-corrected chi connectivity index (χ0v) is 19.6. The molecule has 1 aliphatic rings. The first-order valence-corrected chi connectivity index (χ1v) is 12.2. The van der Waals surface area contributed by atoms with Crippen LogP contribution < -0.4 is 0 Å². The number of rotatable bonds is 11. The lowest BCUT2D eigenvalue weighted by Gasteiger charge is -2.25. The number of alkyl halides is 3. The van der Waals surface area contributed by atoms with Gasteiger partial charge in [-0.25, -0.2) is 0 Å². The van der Waals surface area contributed by atoms with E-state index in [2.05, 4.69) is 0 Å². The van der Waals surface area contributed by atoms with E-state index in [1.54, 1.807) is 25.1 Å². The summed E-state index contributed by atoms with van der Waals surface area (Å²) in [5.41, 5.74) is -0.309. The summed E-state index contributed by atoms with van der Waals surface area (Å²) in [5, 5.41) is 32.2. The standard InChI is InChI=1S/C27H35F3O4/c1-17(31)7-4-2-3-5-9-20-21(26(34)16-25(20)33)13-14-24(32)19-12-11-18-8-6-10-23(22(18)15-19)27(28,29)30/h6,8,10-12,15,20-21,24-26,32-34H,2-5,7,9,13-14,16H2,1H3/t20-,21-,24?,25+,26-/m1/s1. The Kier molecular flexibility index (Phi) is 9.13. The maximum absolute atomic E-state index is 13.4. The fraction of sp³-hybridized carbons (Fsp3) is 0.593. The summed E-state index contributed by atoms with van der Waals surface area (Å²) in [6.07, 6.45) is -0.570. The average Bonchev–Trinajstić information content (AvgIpc) is 3.04. The third kappa shape index (κ3) is 6.80. The molecule has 34 heavy (non-hydrogen) atoms. The maximum atomic E-state index is 13.4. The van der Waals surface area contributed by atoms with Gasteiger partial charge < -0.3 is 20.1 Å². The fourth-order valence-corrected chi connectivity index (χ4v) is 5.35. The molecule has 2 aromatic rings. The van der Waals surface area contributed by atoms with Crippen molar-refractivity contribution in [1.82, 2.24) is 0 Å². The zero-order valence-electron chi connectivity index (χ0n) is 19.6. The average molecular weight is 481 g/mol. The number of unbranched alkanes of at least 4 members (excludes halogenated alkanes) is 3. The van der Waals surface area contributed by atoms with Crippen LogP contribution in [-0.2, 0) is 11.0 Å². The number of fused-ring (bicyclic) bond motifs is 1. The number of carbonyl (C=O) groups is 1. The highest BCUT2D eigenvalue weighted by Gasteiger charge is 2.41. The van der Waals surface area contributed by atoms with Crippen molar-refractivity contribution >= 4 is 16.6 Å². The Balaban J connectivity index is 1.60. The first-order chi connectivity index (χ1) is 16.1. The van der Waals surface area contributed by atoms with Crippen molar-refractivity contribution in [3.8, 4) is 0 Å². The SMILES string of the molecule is CC(=O)CCCCCC[C@@H]1[C@@H](CCC(O)c2ccc3cccc(C(F)(F)F)c3c2)[C@H](O)C[C@@H]1O. The van der Waals surface area contributed by atoms with E-state index >= 15 is 0 Å². The monoisotopic (exact) mass is 480 g/mol. The van der Waals surface area contributed by atoms with E-state index in [4.69, 9.17) is 0 Å². The van der Waals surface area contributed by atoms with E-state index in [0.717, 1.165) is 38.2 Å². The van der Waals surface area contributed by atoms with Crippen molar-refractivity contribution in [1.29, 1.82) is 0 Å². The smallest absolute Gasteiger partial charge is 0.393 e. The first-order valence-electron chi connectivity index (χ1n) is 12.2. The molecule has 188 valence electrons. The van der Waals surface area contributed by atoms with Gasteiger partial charge in [0.15, 0.2) is 0 Å². The van der Waals surface area contributed by atoms with Gasteiger partial charge in [0.2, 0.25) is 0 Å². The van der Waals surface area contributed by atoms with Crippen LogP contribution in [0, 0.1) is 11.8 Å². The number of halogens is 3. The zero-order chi connectivity index (χ0) is 24.9. The molecule has 4 nitrogen and oxygen atoms in total. The van der Waals surface area contributed by atoms with Crippen LogP contribution in [0.3, 0.4) is 0 Å². The van der Waals surface area contributed by atoms with E-state index in [1.807, 2.05) is 0 Å². The van der Waals surface area contributed by atoms with Crippen molar-refractivity contribution in [3.63, 3.8) is 0 Å². The molecule has 1 unspecified atom stereocenters. The Labute approximate surface area is 198 Å². The molecule has 1 aliphatic carbocycles. The minimum absolute atomic E-state index is 0.0607. The topological polar surface area (TPSA) is 77.8 Å². The van der Waals surface area contributed by atoms with Gasteiger partial charge in [0.05, 0.1) is 23.9 Å². The largest absolute Gasteiger partial charge is 0.417 e. The minimum atomic E-state index is -4.48. The van der Waals surface area contributed by atoms with Crippen LogP contribution in [0.25, 0.3) is 10.8 Å². The maximum Gasteiger partial charge on any atom is 0.417 e. The van der Waals surface area contributed by atoms with Crippen LogP contribution in [0.4, 0.5) is 13.2 Å². The number of hydrogen-bond acceptors (Lipinski definition) is 4. The molecule has 7 heteroatoms. The van der Waals surface area contributed by atoms with Crippen LogP contribution in [-0.4, -0.2) is 33.3 Å². The third-order valence-corrected chi connectivity index (χ3v) is 7.21. The van der Waals surface area contributed by atoms with Gasteiger partial charge in [-0.2, -0.15) is 13.2 Å². The van der Waals surface area contributed by atoms with E-state index in [0.29, 0.717) is 36.6 Å². The van der Waals surface area contributed by atoms with Crippen molar-refractivity contribution in [2.45, 2.75) is 89.2 Å². The van der Waals surface area contributed by atoms with Crippen LogP contribution >= 0.6 is 0 Å². The molecule has 0 amide bonds. The van der Waals surface area contributed by atoms with E-state index in [9.17, 15) is 33.3 Å². The molecular formula is C27H35F3O4. The highest BCUT2D eigenvalue weighted by molar-refractivity contribution is 5.87. The molecule has 0 aliphatic heterocycles. The summed E-state index contributed by atoms with van der Waals surface area (Å²) in [7, 11) is 0. The van der Waals surface area contributed by atoms with Gasteiger partial charge in [0.25, 0.3) is 0 Å². The van der Waals surface area contributed by atoms with Crippen molar-refractivity contribution in [2.24, 2.45) is 11.8 Å². The minimum Gasteiger partial charge on any atom is -0.393 e. The molecule has 3 rings (SSSR count). The summed E-state index contributed by atoms with van der Waals surface area (Å²) in [4.78, 5) is 11.0. The van der Waals surface area contributed by atoms with Crippen LogP contribution in [0.5, 0.6) is 0 Å². The summed E-state index contributed by atoms with van der Waals surface area (Å²) < 4.78 is 40.2. The fourth-order valence-electron chi connectivity index (χ4n) is 5.35.